The maximum atomic E-state index is 12.4. The van der Waals surface area contributed by atoms with Crippen LogP contribution in [0.5, 0.6) is 0 Å². The minimum Gasteiger partial charge on any atom is -0.338 e. The van der Waals surface area contributed by atoms with Crippen molar-refractivity contribution in [2.75, 3.05) is 13.1 Å². The van der Waals surface area contributed by atoms with E-state index in [-0.39, 0.29) is 11.8 Å². The van der Waals surface area contributed by atoms with E-state index in [4.69, 9.17) is 9.78 Å². The lowest BCUT2D eigenvalue weighted by atomic mass is 9.98. The maximum Gasteiger partial charge on any atom is 0.253 e. The van der Waals surface area contributed by atoms with Gasteiger partial charge in [-0.1, -0.05) is 11.2 Å². The lowest BCUT2D eigenvalue weighted by molar-refractivity contribution is 0.0569. The van der Waals surface area contributed by atoms with Gasteiger partial charge in [0.05, 0.1) is 17.6 Å². The number of benzene rings is 1. The molecule has 1 aliphatic heterocycles. The molecule has 0 N–H and O–H groups in total. The highest BCUT2D eigenvalue weighted by molar-refractivity contribution is 5.95. The van der Waals surface area contributed by atoms with Gasteiger partial charge in [-0.15, -0.1) is 0 Å². The molecule has 8 heteroatoms. The highest BCUT2D eigenvalue weighted by atomic mass is 16.5. The molecule has 1 aromatic carbocycles. The summed E-state index contributed by atoms with van der Waals surface area (Å²) in [7, 11) is 0. The van der Waals surface area contributed by atoms with Gasteiger partial charge in [0.15, 0.2) is 0 Å². The molecule has 0 unspecified atom stereocenters. The first kappa shape index (κ1) is 15.0. The molecule has 3 heterocycles. The smallest absolute Gasteiger partial charge is 0.253 e. The predicted octanol–water partition coefficient (Wildman–Crippen LogP) is 1.64. The van der Waals surface area contributed by atoms with Gasteiger partial charge in [0.1, 0.15) is 0 Å². The summed E-state index contributed by atoms with van der Waals surface area (Å²) in [6, 6.07) is 10.4. The van der Waals surface area contributed by atoms with Crippen LogP contribution < -0.4 is 0 Å². The second-order valence-electron chi connectivity index (χ2n) is 5.63. The van der Waals surface area contributed by atoms with Gasteiger partial charge in [0.2, 0.25) is 17.5 Å². The molecule has 0 saturated carbocycles. The Morgan fingerprint density at radius 1 is 1.20 bits per heavy atom. The van der Waals surface area contributed by atoms with Gasteiger partial charge in [-0.3, -0.25) is 4.79 Å². The topological polar surface area (TPSA) is 109 Å². The molecule has 0 aliphatic carbocycles. The third-order valence-corrected chi connectivity index (χ3v) is 3.96. The van der Waals surface area contributed by atoms with Crippen molar-refractivity contribution in [2.24, 2.45) is 0 Å². The zero-order chi connectivity index (χ0) is 17.2. The maximum absolute atomic E-state index is 12.4. The van der Waals surface area contributed by atoms with E-state index in [1.54, 1.807) is 47.6 Å². The van der Waals surface area contributed by atoms with Crippen LogP contribution in [0.4, 0.5) is 0 Å². The molecule has 4 rings (SSSR count). The highest BCUT2D eigenvalue weighted by Crippen LogP contribution is 2.28. The van der Waals surface area contributed by atoms with Crippen LogP contribution in [0.3, 0.4) is 0 Å². The molecule has 1 amide bonds. The molecule has 2 aromatic heterocycles. The number of nitrogens with zero attached hydrogens (tertiary/aromatic N) is 6. The van der Waals surface area contributed by atoms with Crippen molar-refractivity contribution in [2.45, 2.75) is 5.92 Å². The number of amides is 1. The number of hydrogen-bond donors (Lipinski definition) is 0. The Morgan fingerprint density at radius 3 is 2.76 bits per heavy atom. The normalized spacial score (nSPS) is 14.0. The van der Waals surface area contributed by atoms with Crippen LogP contribution in [0.25, 0.3) is 11.6 Å². The van der Waals surface area contributed by atoms with Crippen LogP contribution in [-0.4, -0.2) is 44.0 Å². The standard InChI is InChI=1S/C17H12N6O2/c18-8-11-3-1-4-12(7-11)17(24)23-9-13(10-23)16-21-15(22-25-16)14-19-5-2-6-20-14/h1-7,13H,9-10H2. The number of hydrogen-bond acceptors (Lipinski definition) is 7. The summed E-state index contributed by atoms with van der Waals surface area (Å²) in [6.45, 7) is 0.986. The van der Waals surface area contributed by atoms with Crippen LogP contribution in [-0.2, 0) is 0 Å². The minimum absolute atomic E-state index is 0.00642. The van der Waals surface area contributed by atoms with Crippen LogP contribution in [0.1, 0.15) is 27.7 Å². The van der Waals surface area contributed by atoms with Gasteiger partial charge in [-0.05, 0) is 24.3 Å². The Hall–Kier alpha value is -3.60. The number of rotatable bonds is 3. The van der Waals surface area contributed by atoms with E-state index in [1.165, 1.54) is 0 Å². The predicted molar refractivity (Wildman–Crippen MR) is 85.1 cm³/mol. The Labute approximate surface area is 142 Å². The molecule has 25 heavy (non-hydrogen) atoms. The number of likely N-dealkylation sites (tertiary alicyclic amines) is 1. The second-order valence-corrected chi connectivity index (χ2v) is 5.63. The van der Waals surface area contributed by atoms with Crippen LogP contribution >= 0.6 is 0 Å². The zero-order valence-corrected chi connectivity index (χ0v) is 13.0. The largest absolute Gasteiger partial charge is 0.338 e. The van der Waals surface area contributed by atoms with Gasteiger partial charge < -0.3 is 9.42 Å². The van der Waals surface area contributed by atoms with E-state index in [0.29, 0.717) is 41.8 Å². The quantitative estimate of drug-likeness (QED) is 0.717. The summed E-state index contributed by atoms with van der Waals surface area (Å²) in [5.74, 6) is 1.09. The molecular formula is C17H12N6O2. The molecule has 0 spiro atoms. The zero-order valence-electron chi connectivity index (χ0n) is 13.0. The van der Waals surface area contributed by atoms with Gasteiger partial charge in [-0.25, -0.2) is 9.97 Å². The van der Waals surface area contributed by atoms with Crippen molar-refractivity contribution in [3.8, 4) is 17.7 Å². The van der Waals surface area contributed by atoms with Crippen molar-refractivity contribution in [1.82, 2.24) is 25.0 Å². The Morgan fingerprint density at radius 2 is 2.00 bits per heavy atom. The van der Waals surface area contributed by atoms with E-state index >= 15 is 0 Å². The van der Waals surface area contributed by atoms with Crippen LogP contribution in [0.2, 0.25) is 0 Å². The number of carbonyl (C=O) groups excluding carboxylic acids is 1. The van der Waals surface area contributed by atoms with Crippen molar-refractivity contribution in [3.05, 3.63) is 59.7 Å². The SMILES string of the molecule is N#Cc1cccc(C(=O)N2CC(c3nc(-c4ncccn4)no3)C2)c1. The van der Waals surface area contributed by atoms with E-state index in [2.05, 4.69) is 20.1 Å². The molecule has 3 aromatic rings. The molecule has 0 radical (unpaired) electrons. The van der Waals surface area contributed by atoms with Crippen LogP contribution in [0.15, 0.2) is 47.2 Å². The highest BCUT2D eigenvalue weighted by Gasteiger charge is 2.36. The third-order valence-electron chi connectivity index (χ3n) is 3.96. The summed E-state index contributed by atoms with van der Waals surface area (Å²) in [5.41, 5.74) is 0.966. The summed E-state index contributed by atoms with van der Waals surface area (Å²) in [6.07, 6.45) is 3.22. The molecule has 122 valence electrons. The lowest BCUT2D eigenvalue weighted by Crippen LogP contribution is -2.48. The molecule has 1 saturated heterocycles. The molecule has 0 bridgehead atoms. The first-order valence-electron chi connectivity index (χ1n) is 7.65. The molecule has 8 nitrogen and oxygen atoms in total. The van der Waals surface area contributed by atoms with Gasteiger partial charge in [0, 0.05) is 31.0 Å². The number of nitriles is 1. The van der Waals surface area contributed by atoms with E-state index in [1.807, 2.05) is 6.07 Å². The fourth-order valence-corrected chi connectivity index (χ4v) is 2.61. The molecule has 0 atom stereocenters. The van der Waals surface area contributed by atoms with Gasteiger partial charge >= 0.3 is 0 Å². The summed E-state index contributed by atoms with van der Waals surface area (Å²) in [4.78, 5) is 26.6. The van der Waals surface area contributed by atoms with Crippen molar-refractivity contribution < 1.29 is 9.32 Å². The van der Waals surface area contributed by atoms with Crippen LogP contribution in [0, 0.1) is 11.3 Å². The first-order chi connectivity index (χ1) is 12.2. The van der Waals surface area contributed by atoms with Crippen molar-refractivity contribution in [1.29, 1.82) is 5.26 Å². The second kappa shape index (κ2) is 6.13. The number of aromatic nitrogens is 4. The van der Waals surface area contributed by atoms with E-state index < -0.39 is 0 Å². The fourth-order valence-electron chi connectivity index (χ4n) is 2.61. The lowest BCUT2D eigenvalue weighted by Gasteiger charge is -2.37. The van der Waals surface area contributed by atoms with Gasteiger partial charge in [0.25, 0.3) is 5.91 Å². The minimum atomic E-state index is -0.112. The first-order valence-corrected chi connectivity index (χ1v) is 7.65. The summed E-state index contributed by atoms with van der Waals surface area (Å²) >= 11 is 0. The molecular weight excluding hydrogens is 320 g/mol. The van der Waals surface area contributed by atoms with E-state index in [0.717, 1.165) is 0 Å². The average Bonchev–Trinajstić information content (AvgIpc) is 3.11. The Kier molecular flexibility index (Phi) is 3.67. The van der Waals surface area contributed by atoms with Gasteiger partial charge in [-0.2, -0.15) is 10.2 Å². The summed E-state index contributed by atoms with van der Waals surface area (Å²) < 4.78 is 5.27. The monoisotopic (exact) mass is 332 g/mol. The van der Waals surface area contributed by atoms with Crippen molar-refractivity contribution >= 4 is 5.91 Å². The average molecular weight is 332 g/mol. The Bertz CT molecular complexity index is 957. The molecule has 1 aliphatic rings. The Balaban J connectivity index is 1.43. The van der Waals surface area contributed by atoms with Crippen molar-refractivity contribution in [3.63, 3.8) is 0 Å². The van der Waals surface area contributed by atoms with E-state index in [9.17, 15) is 4.79 Å². The summed E-state index contributed by atoms with van der Waals surface area (Å²) in [5, 5.41) is 12.8. The molecule has 1 fully saturated rings. The fraction of sp³-hybridized carbons (Fsp3) is 0.176. The third kappa shape index (κ3) is 2.83. The number of carbonyl (C=O) groups is 1.